The summed E-state index contributed by atoms with van der Waals surface area (Å²) < 4.78 is 5.45. The van der Waals surface area contributed by atoms with Crippen molar-refractivity contribution in [2.24, 2.45) is 0 Å². The second kappa shape index (κ2) is 9.34. The van der Waals surface area contributed by atoms with Gasteiger partial charge in [0, 0.05) is 13.0 Å². The fraction of sp³-hybridized carbons (Fsp3) is 0.929. The van der Waals surface area contributed by atoms with Crippen molar-refractivity contribution in [3.05, 3.63) is 0 Å². The van der Waals surface area contributed by atoms with Crippen molar-refractivity contribution in [1.29, 1.82) is 0 Å². The molecule has 4 heteroatoms. The molecule has 0 aromatic rings. The van der Waals surface area contributed by atoms with E-state index in [1.807, 2.05) is 0 Å². The van der Waals surface area contributed by atoms with Crippen LogP contribution in [0.25, 0.3) is 0 Å². The van der Waals surface area contributed by atoms with E-state index in [0.717, 1.165) is 12.8 Å². The number of unbranched alkanes of at least 4 members (excludes halogenated alkanes) is 5. The van der Waals surface area contributed by atoms with Gasteiger partial charge in [-0.25, -0.2) is 4.79 Å². The van der Waals surface area contributed by atoms with Crippen LogP contribution in [0, 0.1) is 0 Å². The molecule has 0 radical (unpaired) electrons. The Bertz CT molecular complexity index is 228. The first kappa shape index (κ1) is 17.4. The summed E-state index contributed by atoms with van der Waals surface area (Å²) in [5.41, 5.74) is -1.27. The molecule has 4 nitrogen and oxygen atoms in total. The zero-order valence-electron chi connectivity index (χ0n) is 11.9. The van der Waals surface area contributed by atoms with Gasteiger partial charge in [0.25, 0.3) is 0 Å². The highest BCUT2D eigenvalue weighted by Gasteiger charge is 2.35. The Balaban J connectivity index is 3.81. The van der Waals surface area contributed by atoms with E-state index in [1.165, 1.54) is 32.6 Å². The van der Waals surface area contributed by atoms with Gasteiger partial charge in [0.1, 0.15) is 0 Å². The van der Waals surface area contributed by atoms with Crippen LogP contribution in [0.3, 0.4) is 0 Å². The molecule has 2 unspecified atom stereocenters. The lowest BCUT2D eigenvalue weighted by Crippen LogP contribution is -2.41. The van der Waals surface area contributed by atoms with Gasteiger partial charge < -0.3 is 14.9 Å². The molecule has 0 bridgehead atoms. The van der Waals surface area contributed by atoms with Crippen molar-refractivity contribution in [3.8, 4) is 0 Å². The molecule has 0 aromatic heterocycles. The first-order chi connectivity index (χ1) is 8.42. The summed E-state index contributed by atoms with van der Waals surface area (Å²) in [4.78, 5) is 11.1. The first-order valence-corrected chi connectivity index (χ1v) is 6.97. The fourth-order valence-electron chi connectivity index (χ4n) is 1.95. The van der Waals surface area contributed by atoms with E-state index < -0.39 is 17.7 Å². The van der Waals surface area contributed by atoms with E-state index in [9.17, 15) is 9.90 Å². The van der Waals surface area contributed by atoms with E-state index >= 15 is 0 Å². The van der Waals surface area contributed by atoms with Crippen LogP contribution in [-0.2, 0) is 9.53 Å². The Labute approximate surface area is 110 Å². The highest BCUT2D eigenvalue weighted by molar-refractivity contribution is 5.76. The molecule has 108 valence electrons. The molecule has 0 heterocycles. The fourth-order valence-corrected chi connectivity index (χ4v) is 1.95. The number of aliphatic carboxylic acids is 1. The van der Waals surface area contributed by atoms with Crippen molar-refractivity contribution in [3.63, 3.8) is 0 Å². The number of rotatable bonds is 11. The quantitative estimate of drug-likeness (QED) is 0.560. The zero-order valence-corrected chi connectivity index (χ0v) is 11.9. The van der Waals surface area contributed by atoms with Gasteiger partial charge >= 0.3 is 5.97 Å². The van der Waals surface area contributed by atoms with Crippen molar-refractivity contribution >= 4 is 5.97 Å². The molecule has 0 aliphatic carbocycles. The molecule has 0 saturated carbocycles. The number of carbonyl (C=O) groups is 1. The minimum absolute atomic E-state index is 0.123. The predicted molar refractivity (Wildman–Crippen MR) is 71.7 cm³/mol. The molecule has 0 aliphatic rings. The van der Waals surface area contributed by atoms with Gasteiger partial charge in [0.05, 0.1) is 6.10 Å². The summed E-state index contributed by atoms with van der Waals surface area (Å²) in [6.45, 7) is 5.73. The molecule has 0 aliphatic heterocycles. The molecule has 0 saturated heterocycles. The summed E-state index contributed by atoms with van der Waals surface area (Å²) in [6.07, 6.45) is 6.31. The number of hydrogen-bond donors (Lipinski definition) is 2. The summed E-state index contributed by atoms with van der Waals surface area (Å²) >= 11 is 0. The van der Waals surface area contributed by atoms with Crippen molar-refractivity contribution < 1.29 is 19.7 Å². The van der Waals surface area contributed by atoms with E-state index in [0.29, 0.717) is 6.61 Å². The van der Waals surface area contributed by atoms with Gasteiger partial charge in [-0.1, -0.05) is 39.0 Å². The molecule has 0 rings (SSSR count). The van der Waals surface area contributed by atoms with E-state index in [2.05, 4.69) is 6.92 Å². The van der Waals surface area contributed by atoms with Gasteiger partial charge in [-0.3, -0.25) is 0 Å². The third-order valence-electron chi connectivity index (χ3n) is 3.06. The topological polar surface area (TPSA) is 66.8 Å². The predicted octanol–water partition coefficient (Wildman–Crippen LogP) is 2.98. The van der Waals surface area contributed by atoms with E-state index in [-0.39, 0.29) is 6.42 Å². The molecule has 2 atom stereocenters. The summed E-state index contributed by atoms with van der Waals surface area (Å²) in [7, 11) is 0. The molecular weight excluding hydrogens is 232 g/mol. The maximum Gasteiger partial charge on any atom is 0.335 e. The van der Waals surface area contributed by atoms with Crippen LogP contribution < -0.4 is 0 Å². The van der Waals surface area contributed by atoms with Crippen LogP contribution in [0.5, 0.6) is 0 Å². The Morgan fingerprint density at radius 1 is 1.22 bits per heavy atom. The minimum Gasteiger partial charge on any atom is -0.479 e. The first-order valence-electron chi connectivity index (χ1n) is 6.97. The Hall–Kier alpha value is -0.610. The Morgan fingerprint density at radius 3 is 2.28 bits per heavy atom. The molecule has 0 spiro atoms. The summed E-state index contributed by atoms with van der Waals surface area (Å²) in [5.74, 6) is -1.01. The molecule has 0 amide bonds. The van der Waals surface area contributed by atoms with Gasteiger partial charge in [-0.05, 0) is 20.3 Å². The van der Waals surface area contributed by atoms with Crippen molar-refractivity contribution in [2.75, 3.05) is 6.61 Å². The van der Waals surface area contributed by atoms with Gasteiger partial charge in [0.15, 0.2) is 5.60 Å². The number of carboxylic acids is 1. The number of ether oxygens (including phenoxy) is 1. The highest BCUT2D eigenvalue weighted by Crippen LogP contribution is 2.19. The average Bonchev–Trinajstić information content (AvgIpc) is 2.26. The van der Waals surface area contributed by atoms with Crippen molar-refractivity contribution in [1.82, 2.24) is 0 Å². The lowest BCUT2D eigenvalue weighted by molar-refractivity contribution is -0.167. The summed E-state index contributed by atoms with van der Waals surface area (Å²) in [6, 6.07) is 0. The summed E-state index contributed by atoms with van der Waals surface area (Å²) in [5, 5.41) is 18.4. The standard InChI is InChI=1S/C14H28O4/c1-4-5-6-7-8-9-10-18-14(3,13(16)17)11-12(2)15/h12,15H,4-11H2,1-3H3,(H,16,17). The van der Waals surface area contributed by atoms with Gasteiger partial charge in [-0.15, -0.1) is 0 Å². The molecule has 0 fully saturated rings. The van der Waals surface area contributed by atoms with E-state index in [4.69, 9.17) is 9.84 Å². The number of carboxylic acid groups (broad SMARTS) is 1. The second-order valence-electron chi connectivity index (χ2n) is 5.21. The third kappa shape index (κ3) is 7.67. The highest BCUT2D eigenvalue weighted by atomic mass is 16.5. The van der Waals surface area contributed by atoms with Crippen LogP contribution in [0.1, 0.15) is 65.7 Å². The normalized spacial score (nSPS) is 16.2. The molecule has 2 N–H and O–H groups in total. The number of aliphatic hydroxyl groups excluding tert-OH is 1. The van der Waals surface area contributed by atoms with Crippen LogP contribution in [0.4, 0.5) is 0 Å². The minimum atomic E-state index is -1.27. The van der Waals surface area contributed by atoms with Crippen LogP contribution >= 0.6 is 0 Å². The number of hydrogen-bond acceptors (Lipinski definition) is 3. The van der Waals surface area contributed by atoms with Crippen LogP contribution in [0.15, 0.2) is 0 Å². The second-order valence-corrected chi connectivity index (χ2v) is 5.21. The SMILES string of the molecule is CCCCCCCCOC(C)(CC(C)O)C(=O)O. The monoisotopic (exact) mass is 260 g/mol. The number of aliphatic hydroxyl groups is 1. The zero-order chi connectivity index (χ0) is 14.0. The Kier molecular flexibility index (Phi) is 9.02. The van der Waals surface area contributed by atoms with Gasteiger partial charge in [0.2, 0.25) is 0 Å². The lowest BCUT2D eigenvalue weighted by atomic mass is 9.99. The Morgan fingerprint density at radius 2 is 1.78 bits per heavy atom. The maximum atomic E-state index is 11.1. The van der Waals surface area contributed by atoms with Gasteiger partial charge in [-0.2, -0.15) is 0 Å². The molecular formula is C14H28O4. The van der Waals surface area contributed by atoms with E-state index in [1.54, 1.807) is 6.92 Å². The molecule has 18 heavy (non-hydrogen) atoms. The van der Waals surface area contributed by atoms with Crippen LogP contribution in [-0.4, -0.2) is 34.5 Å². The largest absolute Gasteiger partial charge is 0.479 e. The lowest BCUT2D eigenvalue weighted by Gasteiger charge is -2.26. The van der Waals surface area contributed by atoms with Crippen LogP contribution in [0.2, 0.25) is 0 Å². The molecule has 0 aromatic carbocycles. The van der Waals surface area contributed by atoms with Crippen molar-refractivity contribution in [2.45, 2.75) is 77.4 Å². The average molecular weight is 260 g/mol. The maximum absolute atomic E-state index is 11.1. The third-order valence-corrected chi connectivity index (χ3v) is 3.06. The smallest absolute Gasteiger partial charge is 0.335 e.